The first-order chi connectivity index (χ1) is 9.25. The van der Waals surface area contributed by atoms with E-state index in [2.05, 4.69) is 4.98 Å². The Kier molecular flexibility index (Phi) is 4.20. The molecule has 19 heavy (non-hydrogen) atoms. The van der Waals surface area contributed by atoms with Crippen molar-refractivity contribution < 1.29 is 19.3 Å². The van der Waals surface area contributed by atoms with E-state index in [0.29, 0.717) is 28.7 Å². The lowest BCUT2D eigenvalue weighted by Gasteiger charge is -2.10. The van der Waals surface area contributed by atoms with Gasteiger partial charge in [-0.2, -0.15) is 0 Å². The SMILES string of the molecule is COc1cc(OC)cc(Oc2ccnc(CO)c2)c1. The second kappa shape index (κ2) is 6.06. The summed E-state index contributed by atoms with van der Waals surface area (Å²) in [6, 6.07) is 8.65. The molecule has 1 aromatic carbocycles. The molecule has 1 aromatic heterocycles. The van der Waals surface area contributed by atoms with Gasteiger partial charge in [0.1, 0.15) is 23.0 Å². The smallest absolute Gasteiger partial charge is 0.134 e. The van der Waals surface area contributed by atoms with Crippen LogP contribution >= 0.6 is 0 Å². The van der Waals surface area contributed by atoms with Crippen molar-refractivity contribution in [2.45, 2.75) is 6.61 Å². The molecular weight excluding hydrogens is 246 g/mol. The molecule has 1 heterocycles. The van der Waals surface area contributed by atoms with E-state index in [-0.39, 0.29) is 6.61 Å². The predicted molar refractivity (Wildman–Crippen MR) is 69.8 cm³/mol. The second-order valence-corrected chi connectivity index (χ2v) is 3.79. The Morgan fingerprint density at radius 1 is 0.947 bits per heavy atom. The molecule has 100 valence electrons. The Morgan fingerprint density at radius 2 is 1.58 bits per heavy atom. The average Bonchev–Trinajstić information content (AvgIpc) is 2.47. The van der Waals surface area contributed by atoms with Gasteiger partial charge in [0.05, 0.1) is 26.5 Å². The lowest BCUT2D eigenvalue weighted by molar-refractivity contribution is 0.276. The fourth-order valence-corrected chi connectivity index (χ4v) is 1.58. The van der Waals surface area contributed by atoms with Crippen LogP contribution in [-0.2, 0) is 6.61 Å². The third kappa shape index (κ3) is 3.35. The fourth-order valence-electron chi connectivity index (χ4n) is 1.58. The Morgan fingerprint density at radius 3 is 2.16 bits per heavy atom. The molecule has 0 saturated carbocycles. The molecule has 0 radical (unpaired) electrons. The van der Waals surface area contributed by atoms with E-state index >= 15 is 0 Å². The molecule has 0 saturated heterocycles. The van der Waals surface area contributed by atoms with Crippen LogP contribution in [0.1, 0.15) is 5.69 Å². The van der Waals surface area contributed by atoms with Gasteiger partial charge in [-0.3, -0.25) is 4.98 Å². The number of methoxy groups -OCH3 is 2. The van der Waals surface area contributed by atoms with Crippen LogP contribution in [0.2, 0.25) is 0 Å². The maximum Gasteiger partial charge on any atom is 0.134 e. The van der Waals surface area contributed by atoms with Gasteiger partial charge < -0.3 is 19.3 Å². The highest BCUT2D eigenvalue weighted by Gasteiger charge is 2.05. The number of rotatable bonds is 5. The average molecular weight is 261 g/mol. The second-order valence-electron chi connectivity index (χ2n) is 3.79. The topological polar surface area (TPSA) is 60.8 Å². The van der Waals surface area contributed by atoms with Gasteiger partial charge in [0, 0.05) is 30.5 Å². The minimum atomic E-state index is -0.126. The highest BCUT2D eigenvalue weighted by atomic mass is 16.5. The molecule has 0 amide bonds. The van der Waals surface area contributed by atoms with E-state index < -0.39 is 0 Å². The zero-order valence-corrected chi connectivity index (χ0v) is 10.8. The van der Waals surface area contributed by atoms with Crippen LogP contribution in [0.15, 0.2) is 36.5 Å². The molecule has 0 bridgehead atoms. The normalized spacial score (nSPS) is 10.1. The lowest BCUT2D eigenvalue weighted by atomic mass is 10.3. The Balaban J connectivity index is 2.26. The van der Waals surface area contributed by atoms with Crippen molar-refractivity contribution in [2.24, 2.45) is 0 Å². The van der Waals surface area contributed by atoms with Crippen molar-refractivity contribution in [3.05, 3.63) is 42.2 Å². The van der Waals surface area contributed by atoms with Gasteiger partial charge in [-0.15, -0.1) is 0 Å². The van der Waals surface area contributed by atoms with Crippen LogP contribution in [0, 0.1) is 0 Å². The van der Waals surface area contributed by atoms with Crippen molar-refractivity contribution in [3.8, 4) is 23.0 Å². The Labute approximate surface area is 111 Å². The largest absolute Gasteiger partial charge is 0.496 e. The molecule has 0 aliphatic carbocycles. The predicted octanol–water partition coefficient (Wildman–Crippen LogP) is 2.38. The fraction of sp³-hybridized carbons (Fsp3) is 0.214. The molecular formula is C14H15NO4. The Bertz CT molecular complexity index is 535. The molecule has 5 nitrogen and oxygen atoms in total. The molecule has 2 aromatic rings. The summed E-state index contributed by atoms with van der Waals surface area (Å²) >= 11 is 0. The van der Waals surface area contributed by atoms with Crippen LogP contribution in [0.3, 0.4) is 0 Å². The van der Waals surface area contributed by atoms with Gasteiger partial charge in [-0.1, -0.05) is 0 Å². The zero-order valence-electron chi connectivity index (χ0n) is 10.8. The summed E-state index contributed by atoms with van der Waals surface area (Å²) in [5.74, 6) is 2.47. The Hall–Kier alpha value is -2.27. The number of hydrogen-bond donors (Lipinski definition) is 1. The molecule has 0 aliphatic rings. The highest BCUT2D eigenvalue weighted by Crippen LogP contribution is 2.30. The van der Waals surface area contributed by atoms with Crippen molar-refractivity contribution in [2.75, 3.05) is 14.2 Å². The van der Waals surface area contributed by atoms with Crippen LogP contribution < -0.4 is 14.2 Å². The highest BCUT2D eigenvalue weighted by molar-refractivity contribution is 5.43. The molecule has 0 fully saturated rings. The monoisotopic (exact) mass is 261 g/mol. The van der Waals surface area contributed by atoms with Crippen LogP contribution in [0.5, 0.6) is 23.0 Å². The number of nitrogens with zero attached hydrogens (tertiary/aromatic N) is 1. The molecule has 1 N–H and O–H groups in total. The van der Waals surface area contributed by atoms with Gasteiger partial charge in [0.2, 0.25) is 0 Å². The minimum absolute atomic E-state index is 0.126. The first kappa shape index (κ1) is 13.2. The number of aliphatic hydroxyl groups excluding tert-OH is 1. The van der Waals surface area contributed by atoms with Gasteiger partial charge in [0.15, 0.2) is 0 Å². The number of aromatic nitrogens is 1. The van der Waals surface area contributed by atoms with Crippen molar-refractivity contribution in [1.82, 2.24) is 4.98 Å². The van der Waals surface area contributed by atoms with E-state index in [1.165, 1.54) is 0 Å². The first-order valence-electron chi connectivity index (χ1n) is 5.72. The van der Waals surface area contributed by atoms with Crippen LogP contribution in [0.25, 0.3) is 0 Å². The molecule has 0 unspecified atom stereocenters. The van der Waals surface area contributed by atoms with E-state index in [4.69, 9.17) is 19.3 Å². The summed E-state index contributed by atoms with van der Waals surface area (Å²) < 4.78 is 16.0. The number of hydrogen-bond acceptors (Lipinski definition) is 5. The summed E-state index contributed by atoms with van der Waals surface area (Å²) in [7, 11) is 3.16. The van der Waals surface area contributed by atoms with Gasteiger partial charge in [-0.05, 0) is 6.07 Å². The molecule has 5 heteroatoms. The summed E-state index contributed by atoms with van der Waals surface area (Å²) in [6.45, 7) is -0.126. The van der Waals surface area contributed by atoms with Gasteiger partial charge in [0.25, 0.3) is 0 Å². The van der Waals surface area contributed by atoms with Gasteiger partial charge in [-0.25, -0.2) is 0 Å². The van der Waals surface area contributed by atoms with Crippen LogP contribution in [0.4, 0.5) is 0 Å². The number of ether oxygens (including phenoxy) is 3. The summed E-state index contributed by atoms with van der Waals surface area (Å²) in [4.78, 5) is 3.99. The van der Waals surface area contributed by atoms with Crippen molar-refractivity contribution in [1.29, 1.82) is 0 Å². The van der Waals surface area contributed by atoms with E-state index in [1.54, 1.807) is 50.7 Å². The first-order valence-corrected chi connectivity index (χ1v) is 5.72. The number of pyridine rings is 1. The van der Waals surface area contributed by atoms with Crippen LogP contribution in [-0.4, -0.2) is 24.3 Å². The zero-order chi connectivity index (χ0) is 13.7. The number of aliphatic hydroxyl groups is 1. The van der Waals surface area contributed by atoms with Gasteiger partial charge >= 0.3 is 0 Å². The maximum absolute atomic E-state index is 9.03. The lowest BCUT2D eigenvalue weighted by Crippen LogP contribution is -1.92. The van der Waals surface area contributed by atoms with E-state index in [9.17, 15) is 0 Å². The van der Waals surface area contributed by atoms with Crippen molar-refractivity contribution in [3.63, 3.8) is 0 Å². The minimum Gasteiger partial charge on any atom is -0.496 e. The molecule has 0 spiro atoms. The molecule has 2 rings (SSSR count). The third-order valence-electron chi connectivity index (χ3n) is 2.51. The third-order valence-corrected chi connectivity index (χ3v) is 2.51. The standard InChI is InChI=1S/C14H15NO4/c1-17-12-6-13(18-2)8-14(7-12)19-11-3-4-15-10(5-11)9-16/h3-8,16H,9H2,1-2H3. The summed E-state index contributed by atoms with van der Waals surface area (Å²) in [5, 5.41) is 9.03. The summed E-state index contributed by atoms with van der Waals surface area (Å²) in [6.07, 6.45) is 1.58. The molecule has 0 aliphatic heterocycles. The van der Waals surface area contributed by atoms with E-state index in [0.717, 1.165) is 0 Å². The quantitative estimate of drug-likeness (QED) is 0.895. The number of benzene rings is 1. The molecule has 0 atom stereocenters. The summed E-state index contributed by atoms with van der Waals surface area (Å²) in [5.41, 5.74) is 0.548. The maximum atomic E-state index is 9.03. The van der Waals surface area contributed by atoms with E-state index in [1.807, 2.05) is 0 Å². The van der Waals surface area contributed by atoms with Crippen molar-refractivity contribution >= 4 is 0 Å².